The Labute approximate surface area is 141 Å². The van der Waals surface area contributed by atoms with Gasteiger partial charge in [0.25, 0.3) is 0 Å². The second-order valence-electron chi connectivity index (χ2n) is 6.24. The quantitative estimate of drug-likeness (QED) is 0.932. The average molecular weight is 329 g/mol. The van der Waals surface area contributed by atoms with E-state index in [1.165, 1.54) is 5.56 Å². The fourth-order valence-corrected chi connectivity index (χ4v) is 3.27. The summed E-state index contributed by atoms with van der Waals surface area (Å²) in [5, 5.41) is 15.3. The molecule has 1 saturated carbocycles. The van der Waals surface area contributed by atoms with Crippen LogP contribution in [0.5, 0.6) is 0 Å². The minimum atomic E-state index is -0.584. The zero-order chi connectivity index (χ0) is 17.0. The van der Waals surface area contributed by atoms with Crippen LogP contribution in [0.15, 0.2) is 24.3 Å². The summed E-state index contributed by atoms with van der Waals surface area (Å²) >= 11 is 0. The zero-order valence-electron chi connectivity index (χ0n) is 14.2. The summed E-state index contributed by atoms with van der Waals surface area (Å²) in [7, 11) is 0. The van der Waals surface area contributed by atoms with Crippen molar-refractivity contribution in [2.45, 2.75) is 51.5 Å². The first-order valence-electron chi connectivity index (χ1n) is 8.45. The van der Waals surface area contributed by atoms with Crippen molar-refractivity contribution in [3.05, 3.63) is 35.7 Å². The summed E-state index contributed by atoms with van der Waals surface area (Å²) in [6, 6.07) is 8.01. The molecule has 0 radical (unpaired) electrons. The number of aryl methyl sites for hydroxylation is 1. The number of benzene rings is 1. The molecule has 2 aromatic rings. The van der Waals surface area contributed by atoms with Crippen LogP contribution in [0.4, 0.5) is 4.79 Å². The molecule has 1 aliphatic rings. The predicted octanol–water partition coefficient (Wildman–Crippen LogP) is 2.88. The van der Waals surface area contributed by atoms with Crippen LogP contribution in [0.1, 0.15) is 50.4 Å². The van der Waals surface area contributed by atoms with E-state index in [0.29, 0.717) is 12.4 Å². The number of amides is 1. The Bertz CT molecular complexity index is 689. The number of carbonyl (C=O) groups is 1. The lowest BCUT2D eigenvalue weighted by atomic mass is 9.81. The molecule has 1 N–H and O–H groups in total. The summed E-state index contributed by atoms with van der Waals surface area (Å²) in [5.74, 6) is 0.666. The number of aromatic nitrogens is 4. The molecular formula is C17H23N5O2. The van der Waals surface area contributed by atoms with Gasteiger partial charge < -0.3 is 10.1 Å². The van der Waals surface area contributed by atoms with Crippen molar-refractivity contribution in [1.82, 2.24) is 25.5 Å². The van der Waals surface area contributed by atoms with E-state index in [4.69, 9.17) is 4.74 Å². The first kappa shape index (κ1) is 16.4. The van der Waals surface area contributed by atoms with Gasteiger partial charge in [-0.05, 0) is 49.2 Å². The van der Waals surface area contributed by atoms with E-state index in [1.807, 2.05) is 31.2 Å². The second kappa shape index (κ2) is 6.98. The van der Waals surface area contributed by atoms with Crippen molar-refractivity contribution < 1.29 is 9.53 Å². The maximum absolute atomic E-state index is 12.1. The number of hydrogen-bond donors (Lipinski definition) is 1. The summed E-state index contributed by atoms with van der Waals surface area (Å²) in [5.41, 5.74) is 1.47. The third kappa shape index (κ3) is 3.25. The van der Waals surface area contributed by atoms with E-state index < -0.39 is 11.6 Å². The molecule has 0 spiro atoms. The Morgan fingerprint density at radius 2 is 1.96 bits per heavy atom. The second-order valence-corrected chi connectivity index (χ2v) is 6.24. The van der Waals surface area contributed by atoms with Crippen molar-refractivity contribution in [3.63, 3.8) is 0 Å². The summed E-state index contributed by atoms with van der Waals surface area (Å²) in [4.78, 5) is 12.1. The topological polar surface area (TPSA) is 81.9 Å². The lowest BCUT2D eigenvalue weighted by Gasteiger charge is -2.36. The van der Waals surface area contributed by atoms with Gasteiger partial charge in [-0.2, -0.15) is 4.68 Å². The average Bonchev–Trinajstić information content (AvgIpc) is 3.07. The van der Waals surface area contributed by atoms with Crippen LogP contribution in [0.25, 0.3) is 5.69 Å². The molecule has 1 heterocycles. The zero-order valence-corrected chi connectivity index (χ0v) is 14.2. The Morgan fingerprint density at radius 3 is 2.62 bits per heavy atom. The normalized spacial score (nSPS) is 16.6. The maximum atomic E-state index is 12.1. The largest absolute Gasteiger partial charge is 0.450 e. The molecule has 3 rings (SSSR count). The lowest BCUT2D eigenvalue weighted by molar-refractivity contribution is 0.124. The van der Waals surface area contributed by atoms with Crippen LogP contribution in [0.2, 0.25) is 0 Å². The molecule has 0 unspecified atom stereocenters. The van der Waals surface area contributed by atoms with Crippen LogP contribution in [0, 0.1) is 6.92 Å². The number of tetrazole rings is 1. The molecule has 1 aromatic carbocycles. The fraction of sp³-hybridized carbons (Fsp3) is 0.529. The third-order valence-electron chi connectivity index (χ3n) is 4.50. The Balaban J connectivity index is 1.98. The lowest BCUT2D eigenvalue weighted by Crippen LogP contribution is -2.49. The van der Waals surface area contributed by atoms with Gasteiger partial charge in [-0.1, -0.05) is 37.0 Å². The SMILES string of the molecule is CCOC(=O)NC1(c2nnnn2-c2ccc(C)cc2)CCCCC1. The van der Waals surface area contributed by atoms with Gasteiger partial charge >= 0.3 is 6.09 Å². The third-order valence-corrected chi connectivity index (χ3v) is 4.50. The number of nitrogens with one attached hydrogen (secondary N) is 1. The van der Waals surface area contributed by atoms with Gasteiger partial charge in [0.05, 0.1) is 12.3 Å². The van der Waals surface area contributed by atoms with Crippen LogP contribution in [-0.4, -0.2) is 32.9 Å². The first-order valence-corrected chi connectivity index (χ1v) is 8.45. The van der Waals surface area contributed by atoms with Crippen LogP contribution in [-0.2, 0) is 10.3 Å². The molecule has 7 heteroatoms. The molecule has 1 amide bonds. The number of carbonyl (C=O) groups excluding carboxylic acids is 1. The standard InChI is InChI=1S/C17H23N5O2/c1-3-24-16(23)18-17(11-5-4-6-12-17)15-19-20-21-22(15)14-9-7-13(2)8-10-14/h7-10H,3-6,11-12H2,1-2H3,(H,18,23). The number of ether oxygens (including phenoxy) is 1. The van der Waals surface area contributed by atoms with Gasteiger partial charge in [0, 0.05) is 0 Å². The van der Waals surface area contributed by atoms with Crippen molar-refractivity contribution in [2.24, 2.45) is 0 Å². The highest BCUT2D eigenvalue weighted by Gasteiger charge is 2.41. The molecular weight excluding hydrogens is 306 g/mol. The summed E-state index contributed by atoms with van der Waals surface area (Å²) < 4.78 is 6.82. The van der Waals surface area contributed by atoms with Gasteiger partial charge in [-0.3, -0.25) is 0 Å². The number of nitrogens with zero attached hydrogens (tertiary/aromatic N) is 4. The molecule has 1 aromatic heterocycles. The van der Waals surface area contributed by atoms with Gasteiger partial charge in [-0.15, -0.1) is 5.10 Å². The minimum absolute atomic E-state index is 0.338. The van der Waals surface area contributed by atoms with E-state index >= 15 is 0 Å². The highest BCUT2D eigenvalue weighted by atomic mass is 16.5. The number of hydrogen-bond acceptors (Lipinski definition) is 5. The van der Waals surface area contributed by atoms with E-state index in [9.17, 15) is 4.79 Å². The predicted molar refractivity (Wildman–Crippen MR) is 88.8 cm³/mol. The number of rotatable bonds is 4. The maximum Gasteiger partial charge on any atom is 0.407 e. The van der Waals surface area contributed by atoms with E-state index in [2.05, 4.69) is 20.8 Å². The van der Waals surface area contributed by atoms with Gasteiger partial charge in [0.15, 0.2) is 5.82 Å². The van der Waals surface area contributed by atoms with Crippen molar-refractivity contribution >= 4 is 6.09 Å². The Kier molecular flexibility index (Phi) is 4.78. The molecule has 1 fully saturated rings. The van der Waals surface area contributed by atoms with Crippen molar-refractivity contribution in [1.29, 1.82) is 0 Å². The molecule has 0 saturated heterocycles. The molecule has 24 heavy (non-hydrogen) atoms. The van der Waals surface area contributed by atoms with Crippen LogP contribution < -0.4 is 5.32 Å². The smallest absolute Gasteiger partial charge is 0.407 e. The number of alkyl carbamates (subject to hydrolysis) is 1. The Morgan fingerprint density at radius 1 is 1.25 bits per heavy atom. The molecule has 0 atom stereocenters. The monoisotopic (exact) mass is 329 g/mol. The molecule has 0 bridgehead atoms. The minimum Gasteiger partial charge on any atom is -0.450 e. The highest BCUT2D eigenvalue weighted by Crippen LogP contribution is 2.36. The van der Waals surface area contributed by atoms with E-state index in [1.54, 1.807) is 11.6 Å². The summed E-state index contributed by atoms with van der Waals surface area (Å²) in [6.45, 7) is 4.17. The Hall–Kier alpha value is -2.44. The van der Waals surface area contributed by atoms with Crippen molar-refractivity contribution in [3.8, 4) is 5.69 Å². The van der Waals surface area contributed by atoms with E-state index in [0.717, 1.165) is 37.8 Å². The molecule has 128 valence electrons. The molecule has 0 aliphatic heterocycles. The van der Waals surface area contributed by atoms with Gasteiger partial charge in [-0.25, -0.2) is 4.79 Å². The van der Waals surface area contributed by atoms with Crippen LogP contribution in [0.3, 0.4) is 0 Å². The van der Waals surface area contributed by atoms with Crippen LogP contribution >= 0.6 is 0 Å². The molecule has 1 aliphatic carbocycles. The first-order chi connectivity index (χ1) is 11.6. The van der Waals surface area contributed by atoms with Gasteiger partial charge in [0.2, 0.25) is 0 Å². The van der Waals surface area contributed by atoms with Crippen molar-refractivity contribution in [2.75, 3.05) is 6.61 Å². The fourth-order valence-electron chi connectivity index (χ4n) is 3.27. The summed E-state index contributed by atoms with van der Waals surface area (Å²) in [6.07, 6.45) is 4.38. The van der Waals surface area contributed by atoms with Gasteiger partial charge in [0.1, 0.15) is 5.54 Å². The highest BCUT2D eigenvalue weighted by molar-refractivity contribution is 5.68. The van der Waals surface area contributed by atoms with E-state index in [-0.39, 0.29) is 0 Å². The molecule has 7 nitrogen and oxygen atoms in total.